The van der Waals surface area contributed by atoms with Gasteiger partial charge < -0.3 is 10.4 Å². The van der Waals surface area contributed by atoms with Crippen LogP contribution in [0.1, 0.15) is 44.7 Å². The molecule has 4 heteroatoms. The number of aliphatic hydroxyl groups is 1. The van der Waals surface area contributed by atoms with Crippen molar-refractivity contribution in [3.05, 3.63) is 35.4 Å². The lowest BCUT2D eigenvalue weighted by Crippen LogP contribution is -2.43. The van der Waals surface area contributed by atoms with Crippen molar-refractivity contribution in [1.29, 1.82) is 0 Å². The van der Waals surface area contributed by atoms with Crippen LogP contribution in [0.25, 0.3) is 0 Å². The van der Waals surface area contributed by atoms with E-state index in [1.54, 1.807) is 11.8 Å². The predicted octanol–water partition coefficient (Wildman–Crippen LogP) is 2.90. The van der Waals surface area contributed by atoms with Crippen molar-refractivity contribution in [2.45, 2.75) is 51.0 Å². The first-order valence-electron chi connectivity index (χ1n) is 7.95. The van der Waals surface area contributed by atoms with Crippen molar-refractivity contribution in [3.63, 3.8) is 0 Å². The molecule has 1 aliphatic heterocycles. The second-order valence-corrected chi connectivity index (χ2v) is 8.36. The van der Waals surface area contributed by atoms with Crippen LogP contribution in [0.3, 0.4) is 0 Å². The minimum absolute atomic E-state index is 0.0187. The van der Waals surface area contributed by atoms with Gasteiger partial charge in [-0.05, 0) is 35.1 Å². The van der Waals surface area contributed by atoms with Crippen LogP contribution in [0.15, 0.2) is 24.3 Å². The van der Waals surface area contributed by atoms with Crippen molar-refractivity contribution >= 4 is 17.7 Å². The Hall–Kier alpha value is -1.00. The lowest BCUT2D eigenvalue weighted by atomic mass is 9.86. The Morgan fingerprint density at radius 1 is 1.32 bits per heavy atom. The standard InChI is InChI=1S/C18H27NO2S/c1-17(2,3)15-7-4-14(5-8-15)6-9-16(20)19-12-18(21)10-11-22-13-18/h4-5,7-8,21H,6,9-13H2,1-3H3,(H,19,20). The summed E-state index contributed by atoms with van der Waals surface area (Å²) in [6.07, 6.45) is 1.98. The molecule has 0 spiro atoms. The van der Waals surface area contributed by atoms with Crippen LogP contribution in [0.5, 0.6) is 0 Å². The van der Waals surface area contributed by atoms with E-state index in [4.69, 9.17) is 0 Å². The number of nitrogens with one attached hydrogen (secondary N) is 1. The van der Waals surface area contributed by atoms with E-state index in [1.807, 2.05) is 0 Å². The number of thioether (sulfide) groups is 1. The minimum Gasteiger partial charge on any atom is -0.387 e. The monoisotopic (exact) mass is 321 g/mol. The average molecular weight is 321 g/mol. The fourth-order valence-electron chi connectivity index (χ4n) is 2.52. The number of aryl methyl sites for hydroxylation is 1. The maximum absolute atomic E-state index is 11.9. The number of carbonyl (C=O) groups excluding carboxylic acids is 1. The Labute approximate surface area is 137 Å². The van der Waals surface area contributed by atoms with Gasteiger partial charge in [-0.2, -0.15) is 11.8 Å². The zero-order valence-electron chi connectivity index (χ0n) is 13.8. The van der Waals surface area contributed by atoms with Crippen LogP contribution in [0.2, 0.25) is 0 Å². The predicted molar refractivity (Wildman–Crippen MR) is 93.4 cm³/mol. The highest BCUT2D eigenvalue weighted by Gasteiger charge is 2.31. The zero-order chi connectivity index (χ0) is 16.2. The number of amides is 1. The normalized spacial score (nSPS) is 21.8. The van der Waals surface area contributed by atoms with E-state index < -0.39 is 5.60 Å². The van der Waals surface area contributed by atoms with Gasteiger partial charge in [0.1, 0.15) is 0 Å². The third-order valence-corrected chi connectivity index (χ3v) is 5.39. The third kappa shape index (κ3) is 5.03. The molecule has 1 unspecified atom stereocenters. The van der Waals surface area contributed by atoms with E-state index in [2.05, 4.69) is 50.4 Å². The molecule has 1 saturated heterocycles. The van der Waals surface area contributed by atoms with Crippen LogP contribution in [0, 0.1) is 0 Å². The Bertz CT molecular complexity index is 499. The SMILES string of the molecule is CC(C)(C)c1ccc(CCC(=O)NCC2(O)CCSC2)cc1. The van der Waals surface area contributed by atoms with Gasteiger partial charge in [-0.25, -0.2) is 0 Å². The summed E-state index contributed by atoms with van der Waals surface area (Å²) >= 11 is 1.74. The van der Waals surface area contributed by atoms with E-state index in [0.29, 0.717) is 13.0 Å². The molecule has 0 aromatic heterocycles. The van der Waals surface area contributed by atoms with Gasteiger partial charge in [0.2, 0.25) is 5.91 Å². The number of rotatable bonds is 5. The van der Waals surface area contributed by atoms with Crippen LogP contribution in [-0.4, -0.2) is 34.7 Å². The topological polar surface area (TPSA) is 49.3 Å². The molecule has 22 heavy (non-hydrogen) atoms. The molecule has 2 rings (SSSR count). The van der Waals surface area contributed by atoms with E-state index in [1.165, 1.54) is 11.1 Å². The molecule has 0 bridgehead atoms. The van der Waals surface area contributed by atoms with Crippen molar-refractivity contribution in [2.75, 3.05) is 18.1 Å². The quantitative estimate of drug-likeness (QED) is 0.877. The number of benzene rings is 1. The lowest BCUT2D eigenvalue weighted by molar-refractivity contribution is -0.122. The van der Waals surface area contributed by atoms with Gasteiger partial charge in [-0.15, -0.1) is 0 Å². The van der Waals surface area contributed by atoms with Gasteiger partial charge >= 0.3 is 0 Å². The summed E-state index contributed by atoms with van der Waals surface area (Å²) in [4.78, 5) is 11.9. The van der Waals surface area contributed by atoms with Gasteiger partial charge in [0.15, 0.2) is 0 Å². The van der Waals surface area contributed by atoms with Crippen LogP contribution < -0.4 is 5.32 Å². The van der Waals surface area contributed by atoms with Crippen molar-refractivity contribution < 1.29 is 9.90 Å². The molecule has 0 saturated carbocycles. The van der Waals surface area contributed by atoms with Gasteiger partial charge in [-0.3, -0.25) is 4.79 Å². The summed E-state index contributed by atoms with van der Waals surface area (Å²) in [7, 11) is 0. The largest absolute Gasteiger partial charge is 0.387 e. The number of hydrogen-bond donors (Lipinski definition) is 2. The number of carbonyl (C=O) groups is 1. The Balaban J connectivity index is 1.76. The Kier molecular flexibility index (Phi) is 5.56. The zero-order valence-corrected chi connectivity index (χ0v) is 14.6. The molecule has 1 aromatic carbocycles. The van der Waals surface area contributed by atoms with Gasteiger partial charge in [0, 0.05) is 18.7 Å². The second kappa shape index (κ2) is 7.05. The molecule has 1 atom stereocenters. The molecule has 1 fully saturated rings. The number of hydrogen-bond acceptors (Lipinski definition) is 3. The summed E-state index contributed by atoms with van der Waals surface area (Å²) in [5, 5.41) is 13.1. The average Bonchev–Trinajstić information content (AvgIpc) is 2.90. The first kappa shape index (κ1) is 17.4. The van der Waals surface area contributed by atoms with Gasteiger partial charge in [0.05, 0.1) is 5.60 Å². The van der Waals surface area contributed by atoms with E-state index in [-0.39, 0.29) is 11.3 Å². The van der Waals surface area contributed by atoms with Crippen molar-refractivity contribution in [1.82, 2.24) is 5.32 Å². The molecule has 1 aromatic rings. The summed E-state index contributed by atoms with van der Waals surface area (Å²) in [5.74, 6) is 1.72. The smallest absolute Gasteiger partial charge is 0.220 e. The third-order valence-electron chi connectivity index (χ3n) is 4.16. The minimum atomic E-state index is -0.700. The molecular formula is C18H27NO2S. The lowest BCUT2D eigenvalue weighted by Gasteiger charge is -2.21. The molecule has 3 nitrogen and oxygen atoms in total. The van der Waals surface area contributed by atoms with Crippen molar-refractivity contribution in [3.8, 4) is 0 Å². The highest BCUT2D eigenvalue weighted by molar-refractivity contribution is 7.99. The Morgan fingerprint density at radius 3 is 2.55 bits per heavy atom. The molecule has 0 radical (unpaired) electrons. The maximum Gasteiger partial charge on any atom is 0.220 e. The fourth-order valence-corrected chi connectivity index (χ4v) is 3.81. The fraction of sp³-hybridized carbons (Fsp3) is 0.611. The summed E-state index contributed by atoms with van der Waals surface area (Å²) in [6.45, 7) is 6.96. The molecule has 1 aliphatic rings. The van der Waals surface area contributed by atoms with Crippen LogP contribution >= 0.6 is 11.8 Å². The van der Waals surface area contributed by atoms with Gasteiger partial charge in [0.25, 0.3) is 0 Å². The van der Waals surface area contributed by atoms with Gasteiger partial charge in [-0.1, -0.05) is 45.0 Å². The first-order chi connectivity index (χ1) is 10.3. The molecule has 1 heterocycles. The summed E-state index contributed by atoms with van der Waals surface area (Å²) < 4.78 is 0. The molecular weight excluding hydrogens is 294 g/mol. The molecule has 2 N–H and O–H groups in total. The molecule has 0 aliphatic carbocycles. The second-order valence-electron chi connectivity index (χ2n) is 7.25. The van der Waals surface area contributed by atoms with Crippen LogP contribution in [-0.2, 0) is 16.6 Å². The highest BCUT2D eigenvalue weighted by atomic mass is 32.2. The highest BCUT2D eigenvalue weighted by Crippen LogP contribution is 2.27. The van der Waals surface area contributed by atoms with E-state index >= 15 is 0 Å². The Morgan fingerprint density at radius 2 is 2.00 bits per heavy atom. The van der Waals surface area contributed by atoms with Crippen molar-refractivity contribution in [2.24, 2.45) is 0 Å². The maximum atomic E-state index is 11.9. The first-order valence-corrected chi connectivity index (χ1v) is 9.10. The summed E-state index contributed by atoms with van der Waals surface area (Å²) in [5.41, 5.74) is 1.94. The van der Waals surface area contributed by atoms with Crippen LogP contribution in [0.4, 0.5) is 0 Å². The summed E-state index contributed by atoms with van der Waals surface area (Å²) in [6, 6.07) is 8.50. The van der Waals surface area contributed by atoms with E-state index in [9.17, 15) is 9.90 Å². The molecule has 1 amide bonds. The molecule has 122 valence electrons. The van der Waals surface area contributed by atoms with E-state index in [0.717, 1.165) is 24.3 Å².